The van der Waals surface area contributed by atoms with Crippen molar-refractivity contribution < 1.29 is 0 Å². The van der Waals surface area contributed by atoms with Crippen molar-refractivity contribution in [1.82, 2.24) is 10.2 Å². The highest BCUT2D eigenvalue weighted by Crippen LogP contribution is 2.27. The number of hydrogen-bond donors (Lipinski definition) is 1. The molecular weight excluding hydrogens is 222 g/mol. The zero-order chi connectivity index (χ0) is 13.4. The second kappa shape index (κ2) is 8.50. The van der Waals surface area contributed by atoms with Crippen molar-refractivity contribution >= 4 is 0 Å². The Morgan fingerprint density at radius 3 is 2.72 bits per heavy atom. The van der Waals surface area contributed by atoms with Crippen LogP contribution in [0.3, 0.4) is 0 Å². The molecule has 1 N–H and O–H groups in total. The molecule has 0 radical (unpaired) electrons. The van der Waals surface area contributed by atoms with E-state index in [2.05, 4.69) is 37.2 Å². The van der Waals surface area contributed by atoms with E-state index < -0.39 is 0 Å². The van der Waals surface area contributed by atoms with Crippen molar-refractivity contribution in [2.24, 2.45) is 5.92 Å². The van der Waals surface area contributed by atoms with Gasteiger partial charge in [-0.3, -0.25) is 0 Å². The molecule has 1 rings (SSSR count). The van der Waals surface area contributed by atoms with Crippen LogP contribution in [0.4, 0.5) is 0 Å². The largest absolute Gasteiger partial charge is 0.303 e. The van der Waals surface area contributed by atoms with Crippen LogP contribution in [-0.4, -0.2) is 37.1 Å². The lowest BCUT2D eigenvalue weighted by atomic mass is 9.85. The van der Waals surface area contributed by atoms with E-state index in [1.165, 1.54) is 25.7 Å². The molecule has 18 heavy (non-hydrogen) atoms. The van der Waals surface area contributed by atoms with Crippen LogP contribution in [0, 0.1) is 17.2 Å². The van der Waals surface area contributed by atoms with Crippen LogP contribution in [-0.2, 0) is 0 Å². The minimum absolute atomic E-state index is 0.0197. The molecule has 3 heteroatoms. The smallest absolute Gasteiger partial charge is 0.0965 e. The van der Waals surface area contributed by atoms with Gasteiger partial charge in [-0.15, -0.1) is 0 Å². The molecule has 0 heterocycles. The van der Waals surface area contributed by atoms with Gasteiger partial charge in [0.15, 0.2) is 0 Å². The quantitative estimate of drug-likeness (QED) is 0.756. The van der Waals surface area contributed by atoms with Gasteiger partial charge in [-0.2, -0.15) is 5.26 Å². The molecule has 3 unspecified atom stereocenters. The van der Waals surface area contributed by atoms with Crippen LogP contribution in [0.15, 0.2) is 0 Å². The van der Waals surface area contributed by atoms with Crippen molar-refractivity contribution in [2.45, 2.75) is 64.5 Å². The summed E-state index contributed by atoms with van der Waals surface area (Å²) >= 11 is 0. The summed E-state index contributed by atoms with van der Waals surface area (Å²) in [5, 5.41) is 12.4. The topological polar surface area (TPSA) is 39.1 Å². The average molecular weight is 251 g/mol. The van der Waals surface area contributed by atoms with Gasteiger partial charge in [0.1, 0.15) is 0 Å². The first-order chi connectivity index (χ1) is 8.69. The van der Waals surface area contributed by atoms with Gasteiger partial charge in [0, 0.05) is 12.6 Å². The van der Waals surface area contributed by atoms with Crippen molar-refractivity contribution in [3.05, 3.63) is 0 Å². The van der Waals surface area contributed by atoms with Gasteiger partial charge in [-0.25, -0.2) is 0 Å². The van der Waals surface area contributed by atoms with Gasteiger partial charge < -0.3 is 10.2 Å². The highest BCUT2D eigenvalue weighted by molar-refractivity contribution is 4.90. The lowest BCUT2D eigenvalue weighted by molar-refractivity contribution is 0.136. The summed E-state index contributed by atoms with van der Waals surface area (Å²) in [5.74, 6) is 0.813. The fraction of sp³-hybridized carbons (Fsp3) is 0.933. The molecule has 0 amide bonds. The van der Waals surface area contributed by atoms with Crippen LogP contribution in [0.5, 0.6) is 0 Å². The molecular formula is C15H29N3. The van der Waals surface area contributed by atoms with E-state index in [1.807, 2.05) is 0 Å². The Hall–Kier alpha value is -0.590. The number of nitrogens with zero attached hydrogens (tertiary/aromatic N) is 2. The summed E-state index contributed by atoms with van der Waals surface area (Å²) in [5.41, 5.74) is 0. The normalized spacial score (nSPS) is 25.9. The maximum absolute atomic E-state index is 9.10. The fourth-order valence-electron chi connectivity index (χ4n) is 2.98. The lowest BCUT2D eigenvalue weighted by Gasteiger charge is -2.36. The number of nitrogens with one attached hydrogen (secondary N) is 1. The van der Waals surface area contributed by atoms with E-state index in [0.29, 0.717) is 0 Å². The molecule has 1 aliphatic carbocycles. The summed E-state index contributed by atoms with van der Waals surface area (Å²) in [6.07, 6.45) is 7.49. The molecule has 1 saturated carbocycles. The fourth-order valence-corrected chi connectivity index (χ4v) is 2.98. The van der Waals surface area contributed by atoms with Gasteiger partial charge in [-0.1, -0.05) is 26.7 Å². The van der Waals surface area contributed by atoms with Crippen LogP contribution in [0.2, 0.25) is 0 Å². The summed E-state index contributed by atoms with van der Waals surface area (Å²) < 4.78 is 0. The van der Waals surface area contributed by atoms with E-state index in [9.17, 15) is 0 Å². The molecule has 104 valence electrons. The van der Waals surface area contributed by atoms with Crippen LogP contribution < -0.4 is 5.32 Å². The van der Waals surface area contributed by atoms with Gasteiger partial charge in [0.2, 0.25) is 0 Å². The van der Waals surface area contributed by atoms with Crippen molar-refractivity contribution in [3.63, 3.8) is 0 Å². The second-order valence-corrected chi connectivity index (χ2v) is 5.73. The summed E-state index contributed by atoms with van der Waals surface area (Å²) in [6, 6.07) is 3.11. The number of nitriles is 1. The minimum Gasteiger partial charge on any atom is -0.303 e. The Labute approximate surface area is 113 Å². The van der Waals surface area contributed by atoms with E-state index in [0.717, 1.165) is 37.9 Å². The average Bonchev–Trinajstić information content (AvgIpc) is 2.39. The molecule has 0 aromatic rings. The van der Waals surface area contributed by atoms with Crippen LogP contribution in [0.25, 0.3) is 0 Å². The first kappa shape index (κ1) is 15.5. The Balaban J connectivity index is 2.30. The van der Waals surface area contributed by atoms with Crippen molar-refractivity contribution in [2.75, 3.05) is 20.1 Å². The second-order valence-electron chi connectivity index (χ2n) is 5.73. The molecule has 1 aliphatic rings. The zero-order valence-corrected chi connectivity index (χ0v) is 12.3. The van der Waals surface area contributed by atoms with E-state index in [-0.39, 0.29) is 6.04 Å². The van der Waals surface area contributed by atoms with Gasteiger partial charge in [-0.05, 0) is 45.2 Å². The predicted octanol–water partition coefficient (Wildman–Crippen LogP) is 2.78. The Morgan fingerprint density at radius 1 is 1.39 bits per heavy atom. The maximum atomic E-state index is 9.10. The third-order valence-corrected chi connectivity index (χ3v) is 4.20. The van der Waals surface area contributed by atoms with Gasteiger partial charge in [0.25, 0.3) is 0 Å². The van der Waals surface area contributed by atoms with E-state index in [4.69, 9.17) is 5.26 Å². The Bertz CT molecular complexity index is 259. The van der Waals surface area contributed by atoms with E-state index >= 15 is 0 Å². The van der Waals surface area contributed by atoms with E-state index in [1.54, 1.807) is 0 Å². The molecule has 1 fully saturated rings. The summed E-state index contributed by atoms with van der Waals surface area (Å²) in [6.45, 7) is 6.49. The van der Waals surface area contributed by atoms with Crippen LogP contribution >= 0.6 is 0 Å². The summed E-state index contributed by atoms with van der Waals surface area (Å²) in [7, 11) is 2.22. The molecule has 0 spiro atoms. The standard InChI is InChI=1S/C15H29N3/c1-4-10-17-14(12-16)9-11-18(3)15-8-6-5-7-13(15)2/h13-15,17H,4-11H2,1-3H3. The molecule has 0 aromatic heterocycles. The molecule has 0 aromatic carbocycles. The molecule has 0 saturated heterocycles. The summed E-state index contributed by atoms with van der Waals surface area (Å²) in [4.78, 5) is 2.47. The molecule has 3 nitrogen and oxygen atoms in total. The lowest BCUT2D eigenvalue weighted by Crippen LogP contribution is -2.41. The molecule has 0 aliphatic heterocycles. The highest BCUT2D eigenvalue weighted by atomic mass is 15.1. The number of rotatable bonds is 7. The highest BCUT2D eigenvalue weighted by Gasteiger charge is 2.24. The Kier molecular flexibility index (Phi) is 7.31. The van der Waals surface area contributed by atoms with Crippen LogP contribution in [0.1, 0.15) is 52.4 Å². The first-order valence-corrected chi connectivity index (χ1v) is 7.52. The predicted molar refractivity (Wildman–Crippen MR) is 76.4 cm³/mol. The number of hydrogen-bond acceptors (Lipinski definition) is 3. The monoisotopic (exact) mass is 251 g/mol. The zero-order valence-electron chi connectivity index (χ0n) is 12.3. The van der Waals surface area contributed by atoms with Gasteiger partial charge >= 0.3 is 0 Å². The first-order valence-electron chi connectivity index (χ1n) is 7.52. The van der Waals surface area contributed by atoms with Gasteiger partial charge in [0.05, 0.1) is 12.1 Å². The van der Waals surface area contributed by atoms with Crippen molar-refractivity contribution in [3.8, 4) is 6.07 Å². The third kappa shape index (κ3) is 4.96. The molecule has 3 atom stereocenters. The SMILES string of the molecule is CCCNC(C#N)CCN(C)C1CCCCC1C. The minimum atomic E-state index is 0.0197. The maximum Gasteiger partial charge on any atom is 0.0965 e. The third-order valence-electron chi connectivity index (χ3n) is 4.20. The Morgan fingerprint density at radius 2 is 2.11 bits per heavy atom. The van der Waals surface area contributed by atoms with Crippen molar-refractivity contribution in [1.29, 1.82) is 5.26 Å². The molecule has 0 bridgehead atoms.